The highest BCUT2D eigenvalue weighted by Gasteiger charge is 2.12. The van der Waals surface area contributed by atoms with E-state index in [1.54, 1.807) is 17.4 Å². The van der Waals surface area contributed by atoms with Crippen molar-refractivity contribution in [1.82, 2.24) is 20.1 Å². The molecule has 0 radical (unpaired) electrons. The van der Waals surface area contributed by atoms with E-state index in [9.17, 15) is 4.79 Å². The Kier molecular flexibility index (Phi) is 4.30. The van der Waals surface area contributed by atoms with Crippen LogP contribution in [-0.2, 0) is 6.42 Å². The number of carbonyl (C=O) groups excluding carboxylic acids is 1. The Balaban J connectivity index is 1.37. The number of benzene rings is 1. The molecule has 4 aromatic rings. The van der Waals surface area contributed by atoms with Crippen molar-refractivity contribution in [2.45, 2.75) is 20.3 Å². The zero-order valence-corrected chi connectivity index (χ0v) is 15.3. The first kappa shape index (κ1) is 16.5. The van der Waals surface area contributed by atoms with E-state index in [-0.39, 0.29) is 5.91 Å². The number of nitrogens with zero attached hydrogens (tertiary/aromatic N) is 3. The van der Waals surface area contributed by atoms with Crippen molar-refractivity contribution in [3.63, 3.8) is 0 Å². The second-order valence-electron chi connectivity index (χ2n) is 6.11. The van der Waals surface area contributed by atoms with E-state index in [4.69, 9.17) is 4.42 Å². The van der Waals surface area contributed by atoms with Crippen LogP contribution in [0, 0.1) is 13.8 Å². The first-order chi connectivity index (χ1) is 12.6. The summed E-state index contributed by atoms with van der Waals surface area (Å²) >= 11 is 1.55. The highest BCUT2D eigenvalue weighted by atomic mass is 32.1. The molecule has 3 aromatic heterocycles. The number of nitrogens with one attached hydrogen (secondary N) is 1. The summed E-state index contributed by atoms with van der Waals surface area (Å²) in [6, 6.07) is 11.4. The Morgan fingerprint density at radius 2 is 2.12 bits per heavy atom. The number of furan rings is 1. The van der Waals surface area contributed by atoms with E-state index in [0.29, 0.717) is 24.3 Å². The Morgan fingerprint density at radius 1 is 1.27 bits per heavy atom. The van der Waals surface area contributed by atoms with E-state index in [0.717, 1.165) is 27.6 Å². The average Bonchev–Trinajstić information content (AvgIpc) is 3.32. The number of aromatic nitrogens is 3. The van der Waals surface area contributed by atoms with Crippen molar-refractivity contribution in [2.75, 3.05) is 6.54 Å². The number of para-hydroxylation sites is 1. The molecule has 4 rings (SSSR count). The summed E-state index contributed by atoms with van der Waals surface area (Å²) in [5, 5.41) is 11.1. The number of hydrogen-bond donors (Lipinski definition) is 1. The fraction of sp³-hybridized carbons (Fsp3) is 0.211. The summed E-state index contributed by atoms with van der Waals surface area (Å²) in [4.78, 5) is 16.8. The lowest BCUT2D eigenvalue weighted by Gasteiger charge is -2.01. The number of rotatable bonds is 5. The number of carbonyl (C=O) groups is 1. The lowest BCUT2D eigenvalue weighted by Crippen LogP contribution is -2.25. The number of aryl methyl sites for hydroxylation is 2. The minimum absolute atomic E-state index is 0.213. The lowest BCUT2D eigenvalue weighted by atomic mass is 10.2. The van der Waals surface area contributed by atoms with Gasteiger partial charge in [0.1, 0.15) is 5.58 Å². The molecule has 1 aromatic carbocycles. The summed E-state index contributed by atoms with van der Waals surface area (Å²) in [6.45, 7) is 4.47. The molecule has 0 fully saturated rings. The molecule has 132 valence electrons. The van der Waals surface area contributed by atoms with Crippen LogP contribution in [0.1, 0.15) is 27.6 Å². The predicted molar refractivity (Wildman–Crippen MR) is 101 cm³/mol. The Morgan fingerprint density at radius 3 is 2.88 bits per heavy atom. The van der Waals surface area contributed by atoms with Crippen LogP contribution in [0.3, 0.4) is 0 Å². The number of fused-ring (bicyclic) bond motifs is 1. The van der Waals surface area contributed by atoms with Gasteiger partial charge in [-0.25, -0.2) is 9.67 Å². The standard InChI is InChI=1S/C19H18N4O2S/c1-12-9-13(2)23(22-12)19-21-15(11-26-19)7-8-20-18(24)17-10-14-5-3-4-6-16(14)25-17/h3-6,9-11H,7-8H2,1-2H3,(H,20,24). The van der Waals surface area contributed by atoms with E-state index in [1.165, 1.54) is 0 Å². The van der Waals surface area contributed by atoms with Gasteiger partial charge in [0, 0.05) is 29.4 Å². The largest absolute Gasteiger partial charge is 0.451 e. The van der Waals surface area contributed by atoms with Crippen LogP contribution < -0.4 is 5.32 Å². The van der Waals surface area contributed by atoms with Crippen LogP contribution in [0.25, 0.3) is 16.1 Å². The van der Waals surface area contributed by atoms with Crippen molar-refractivity contribution >= 4 is 28.2 Å². The summed E-state index contributed by atoms with van der Waals surface area (Å²) in [6.07, 6.45) is 0.655. The molecule has 0 unspecified atom stereocenters. The fourth-order valence-corrected chi connectivity index (χ4v) is 3.68. The molecule has 3 heterocycles. The minimum Gasteiger partial charge on any atom is -0.451 e. The summed E-state index contributed by atoms with van der Waals surface area (Å²) in [7, 11) is 0. The summed E-state index contributed by atoms with van der Waals surface area (Å²) in [5.41, 5.74) is 3.67. The Bertz CT molecular complexity index is 1040. The molecule has 0 aliphatic heterocycles. The van der Waals surface area contributed by atoms with Crippen LogP contribution in [-0.4, -0.2) is 27.2 Å². The highest BCUT2D eigenvalue weighted by molar-refractivity contribution is 7.12. The van der Waals surface area contributed by atoms with Crippen molar-refractivity contribution in [3.8, 4) is 5.13 Å². The Hall–Kier alpha value is -2.93. The highest BCUT2D eigenvalue weighted by Crippen LogP contribution is 2.19. The molecule has 0 saturated carbocycles. The SMILES string of the molecule is Cc1cc(C)n(-c2nc(CCNC(=O)c3cc4ccccc4o3)cs2)n1. The number of amides is 1. The van der Waals surface area contributed by atoms with Crippen LogP contribution in [0.4, 0.5) is 0 Å². The van der Waals surface area contributed by atoms with E-state index in [2.05, 4.69) is 15.4 Å². The van der Waals surface area contributed by atoms with Gasteiger partial charge in [-0.3, -0.25) is 4.79 Å². The first-order valence-corrected chi connectivity index (χ1v) is 9.23. The fourth-order valence-electron chi connectivity index (χ4n) is 2.82. The van der Waals surface area contributed by atoms with Gasteiger partial charge < -0.3 is 9.73 Å². The molecule has 1 N–H and O–H groups in total. The summed E-state index contributed by atoms with van der Waals surface area (Å²) in [5.74, 6) is 0.114. The van der Waals surface area contributed by atoms with E-state index in [1.807, 2.05) is 54.2 Å². The van der Waals surface area contributed by atoms with Crippen molar-refractivity contribution in [1.29, 1.82) is 0 Å². The molecule has 1 amide bonds. The topological polar surface area (TPSA) is 73.0 Å². The minimum atomic E-state index is -0.213. The van der Waals surface area contributed by atoms with Crippen molar-refractivity contribution < 1.29 is 9.21 Å². The van der Waals surface area contributed by atoms with Gasteiger partial charge in [-0.2, -0.15) is 5.10 Å². The van der Waals surface area contributed by atoms with Gasteiger partial charge >= 0.3 is 0 Å². The Labute approximate surface area is 154 Å². The molecule has 0 bridgehead atoms. The van der Waals surface area contributed by atoms with Gasteiger partial charge in [-0.1, -0.05) is 18.2 Å². The molecule has 0 aliphatic carbocycles. The average molecular weight is 366 g/mol. The quantitative estimate of drug-likeness (QED) is 0.585. The van der Waals surface area contributed by atoms with Crippen LogP contribution in [0.2, 0.25) is 0 Å². The van der Waals surface area contributed by atoms with Crippen LogP contribution >= 0.6 is 11.3 Å². The molecule has 0 spiro atoms. The normalized spacial score (nSPS) is 11.2. The zero-order valence-electron chi connectivity index (χ0n) is 14.5. The molecule has 0 aliphatic rings. The van der Waals surface area contributed by atoms with Crippen LogP contribution in [0.5, 0.6) is 0 Å². The third-order valence-electron chi connectivity index (χ3n) is 4.05. The molecular formula is C19H18N4O2S. The van der Waals surface area contributed by atoms with Gasteiger partial charge in [-0.05, 0) is 32.0 Å². The monoisotopic (exact) mass is 366 g/mol. The second kappa shape index (κ2) is 6.76. The van der Waals surface area contributed by atoms with E-state index >= 15 is 0 Å². The second-order valence-corrected chi connectivity index (χ2v) is 6.95. The van der Waals surface area contributed by atoms with Gasteiger partial charge in [0.2, 0.25) is 5.13 Å². The molecule has 0 atom stereocenters. The predicted octanol–water partition coefficient (Wildman–Crippen LogP) is 3.66. The third kappa shape index (κ3) is 3.25. The smallest absolute Gasteiger partial charge is 0.287 e. The maximum Gasteiger partial charge on any atom is 0.287 e. The molecular weight excluding hydrogens is 348 g/mol. The maximum absolute atomic E-state index is 12.2. The lowest BCUT2D eigenvalue weighted by molar-refractivity contribution is 0.0928. The van der Waals surface area contributed by atoms with Crippen LogP contribution in [0.15, 0.2) is 46.2 Å². The molecule has 6 nitrogen and oxygen atoms in total. The van der Waals surface area contributed by atoms with Crippen molar-refractivity contribution in [2.24, 2.45) is 0 Å². The first-order valence-electron chi connectivity index (χ1n) is 8.35. The number of hydrogen-bond acceptors (Lipinski definition) is 5. The van der Waals surface area contributed by atoms with E-state index < -0.39 is 0 Å². The van der Waals surface area contributed by atoms with Crippen molar-refractivity contribution in [3.05, 3.63) is 64.6 Å². The van der Waals surface area contributed by atoms with Gasteiger partial charge in [0.25, 0.3) is 5.91 Å². The summed E-state index contributed by atoms with van der Waals surface area (Å²) < 4.78 is 7.42. The van der Waals surface area contributed by atoms with Gasteiger partial charge in [0.05, 0.1) is 11.4 Å². The van der Waals surface area contributed by atoms with Gasteiger partial charge in [0.15, 0.2) is 5.76 Å². The number of thiazole rings is 1. The molecule has 0 saturated heterocycles. The molecule has 26 heavy (non-hydrogen) atoms. The zero-order chi connectivity index (χ0) is 18.1. The molecule has 7 heteroatoms. The third-order valence-corrected chi connectivity index (χ3v) is 4.91. The van der Waals surface area contributed by atoms with Gasteiger partial charge in [-0.15, -0.1) is 11.3 Å². The maximum atomic E-state index is 12.2.